The summed E-state index contributed by atoms with van der Waals surface area (Å²) in [4.78, 5) is 25.7. The molecule has 1 saturated heterocycles. The average Bonchev–Trinajstić information content (AvgIpc) is 2.90. The normalized spacial score (nSPS) is 15.1. The third kappa shape index (κ3) is 7.68. The topological polar surface area (TPSA) is 95.6 Å². The summed E-state index contributed by atoms with van der Waals surface area (Å²) in [7, 11) is -3.49. The van der Waals surface area contributed by atoms with Crippen LogP contribution in [0.1, 0.15) is 55.1 Å². The zero-order valence-electron chi connectivity index (χ0n) is 22.4. The molecule has 3 aromatic rings. The average molecular weight is 568 g/mol. The molecule has 1 heterocycles. The lowest BCUT2D eigenvalue weighted by molar-refractivity contribution is -0.120. The van der Waals surface area contributed by atoms with Crippen molar-refractivity contribution in [1.29, 1.82) is 0 Å². The van der Waals surface area contributed by atoms with Gasteiger partial charge in [0.15, 0.2) is 0 Å². The Morgan fingerprint density at radius 3 is 2.08 bits per heavy atom. The number of nitrogens with zero attached hydrogens (tertiary/aromatic N) is 1. The van der Waals surface area contributed by atoms with Crippen molar-refractivity contribution in [2.45, 2.75) is 44.8 Å². The monoisotopic (exact) mass is 567 g/mol. The van der Waals surface area contributed by atoms with Crippen LogP contribution in [0.15, 0.2) is 72.8 Å². The Labute approximate surface area is 235 Å². The Balaban J connectivity index is 1.30. The van der Waals surface area contributed by atoms with E-state index >= 15 is 0 Å². The molecule has 7 nitrogen and oxygen atoms in total. The molecule has 0 unspecified atom stereocenters. The lowest BCUT2D eigenvalue weighted by Gasteiger charge is -2.30. The van der Waals surface area contributed by atoms with Gasteiger partial charge in [-0.2, -0.15) is 0 Å². The molecule has 4 rings (SSSR count). The second kappa shape index (κ2) is 11.9. The van der Waals surface area contributed by atoms with Gasteiger partial charge in [0, 0.05) is 41.0 Å². The molecule has 0 bridgehead atoms. The van der Waals surface area contributed by atoms with Crippen molar-refractivity contribution in [3.8, 4) is 0 Å². The Kier molecular flexibility index (Phi) is 8.79. The van der Waals surface area contributed by atoms with E-state index in [1.54, 1.807) is 48.5 Å². The van der Waals surface area contributed by atoms with E-state index in [0.29, 0.717) is 40.4 Å². The molecule has 2 N–H and O–H groups in total. The second-order valence-corrected chi connectivity index (χ2v) is 13.3. The molecule has 1 fully saturated rings. The molecule has 1 aliphatic heterocycles. The number of amides is 2. The van der Waals surface area contributed by atoms with E-state index in [1.165, 1.54) is 4.31 Å². The minimum atomic E-state index is -3.49. The van der Waals surface area contributed by atoms with Crippen LogP contribution in [0, 0.1) is 5.92 Å². The summed E-state index contributed by atoms with van der Waals surface area (Å²) >= 11 is 5.89. The fourth-order valence-corrected chi connectivity index (χ4v) is 6.21. The summed E-state index contributed by atoms with van der Waals surface area (Å²) in [5.74, 6) is -0.788. The number of anilines is 2. The highest BCUT2D eigenvalue weighted by atomic mass is 35.5. The van der Waals surface area contributed by atoms with Gasteiger partial charge in [0.1, 0.15) is 0 Å². The third-order valence-electron chi connectivity index (χ3n) is 6.88. The number of rotatable bonds is 7. The first-order valence-corrected chi connectivity index (χ1v) is 14.9. The molecular weight excluding hydrogens is 534 g/mol. The molecule has 2 amide bonds. The molecule has 0 atom stereocenters. The van der Waals surface area contributed by atoms with Gasteiger partial charge in [-0.1, -0.05) is 62.7 Å². The minimum absolute atomic E-state index is 0.00379. The summed E-state index contributed by atoms with van der Waals surface area (Å²) in [6.45, 7) is 6.94. The molecule has 0 radical (unpaired) electrons. The van der Waals surface area contributed by atoms with Crippen molar-refractivity contribution in [2.75, 3.05) is 23.7 Å². The first-order valence-electron chi connectivity index (χ1n) is 13.0. The van der Waals surface area contributed by atoms with Gasteiger partial charge in [0.05, 0.1) is 5.75 Å². The van der Waals surface area contributed by atoms with E-state index in [1.807, 2.05) is 24.3 Å². The minimum Gasteiger partial charge on any atom is -0.326 e. The van der Waals surface area contributed by atoms with E-state index in [-0.39, 0.29) is 42.0 Å². The highest BCUT2D eigenvalue weighted by Crippen LogP contribution is 2.25. The lowest BCUT2D eigenvalue weighted by atomic mass is 9.87. The number of benzene rings is 3. The Hall–Kier alpha value is -3.20. The maximum Gasteiger partial charge on any atom is 0.255 e. The van der Waals surface area contributed by atoms with Gasteiger partial charge < -0.3 is 10.6 Å². The highest BCUT2D eigenvalue weighted by molar-refractivity contribution is 7.88. The standard InChI is InChI=1S/C30H34ClN3O4S/c1-30(2,3)24-11-9-22(10-12-24)28(35)32-26-5-4-6-27(19-26)33-29(36)23-15-17-34(18-16-23)39(37,38)20-21-7-13-25(31)14-8-21/h4-14,19,23H,15-18,20H2,1-3H3,(H,32,35)(H,33,36). The zero-order chi connectivity index (χ0) is 28.2. The summed E-state index contributed by atoms with van der Waals surface area (Å²) in [5.41, 5.74) is 3.51. The van der Waals surface area contributed by atoms with Gasteiger partial charge in [-0.25, -0.2) is 12.7 Å². The molecule has 1 aliphatic rings. The van der Waals surface area contributed by atoms with Crippen molar-refractivity contribution in [1.82, 2.24) is 4.31 Å². The third-order valence-corrected chi connectivity index (χ3v) is 8.98. The molecule has 0 aliphatic carbocycles. The maximum absolute atomic E-state index is 12.9. The number of nitrogens with one attached hydrogen (secondary N) is 2. The van der Waals surface area contributed by atoms with Crippen LogP contribution in [0.2, 0.25) is 5.02 Å². The predicted molar refractivity (Wildman–Crippen MR) is 157 cm³/mol. The summed E-state index contributed by atoms with van der Waals surface area (Å²) in [6, 6.07) is 21.3. The molecule has 3 aromatic carbocycles. The van der Waals surface area contributed by atoms with Crippen LogP contribution in [0.3, 0.4) is 0 Å². The maximum atomic E-state index is 12.9. The number of piperidine rings is 1. The van der Waals surface area contributed by atoms with Crippen LogP contribution < -0.4 is 10.6 Å². The van der Waals surface area contributed by atoms with Crippen LogP contribution in [0.4, 0.5) is 11.4 Å². The quantitative estimate of drug-likeness (QED) is 0.362. The second-order valence-electron chi connectivity index (χ2n) is 10.9. The van der Waals surface area contributed by atoms with E-state index < -0.39 is 10.0 Å². The molecule has 39 heavy (non-hydrogen) atoms. The SMILES string of the molecule is CC(C)(C)c1ccc(C(=O)Nc2cccc(NC(=O)C3CCN(S(=O)(=O)Cc4ccc(Cl)cc4)CC3)c2)cc1. The van der Waals surface area contributed by atoms with E-state index in [2.05, 4.69) is 31.4 Å². The van der Waals surface area contributed by atoms with Gasteiger partial charge >= 0.3 is 0 Å². The fourth-order valence-electron chi connectivity index (χ4n) is 4.52. The van der Waals surface area contributed by atoms with Crippen molar-refractivity contribution in [3.05, 3.63) is 94.5 Å². The number of hydrogen-bond acceptors (Lipinski definition) is 4. The lowest BCUT2D eigenvalue weighted by Crippen LogP contribution is -2.41. The van der Waals surface area contributed by atoms with Crippen LogP contribution in [-0.4, -0.2) is 37.6 Å². The van der Waals surface area contributed by atoms with Crippen molar-refractivity contribution in [3.63, 3.8) is 0 Å². The largest absolute Gasteiger partial charge is 0.326 e. The van der Waals surface area contributed by atoms with Gasteiger partial charge in [0.25, 0.3) is 5.91 Å². The highest BCUT2D eigenvalue weighted by Gasteiger charge is 2.31. The summed E-state index contributed by atoms with van der Waals surface area (Å²) < 4.78 is 27.2. The number of carbonyl (C=O) groups excluding carboxylic acids is 2. The Morgan fingerprint density at radius 2 is 1.49 bits per heavy atom. The Morgan fingerprint density at radius 1 is 0.897 bits per heavy atom. The molecular formula is C30H34ClN3O4S. The van der Waals surface area contributed by atoms with Crippen LogP contribution in [0.5, 0.6) is 0 Å². The molecule has 206 valence electrons. The zero-order valence-corrected chi connectivity index (χ0v) is 24.0. The number of hydrogen-bond donors (Lipinski definition) is 2. The van der Waals surface area contributed by atoms with Crippen LogP contribution >= 0.6 is 11.6 Å². The first kappa shape index (κ1) is 28.8. The van der Waals surface area contributed by atoms with E-state index in [0.717, 1.165) is 5.56 Å². The number of carbonyl (C=O) groups is 2. The van der Waals surface area contributed by atoms with Gasteiger partial charge in [-0.15, -0.1) is 0 Å². The number of sulfonamides is 1. The van der Waals surface area contributed by atoms with Crippen molar-refractivity contribution >= 4 is 44.8 Å². The van der Waals surface area contributed by atoms with Gasteiger partial charge in [-0.05, 0) is 71.8 Å². The molecule has 0 saturated carbocycles. The molecule has 0 spiro atoms. The molecule has 0 aromatic heterocycles. The van der Waals surface area contributed by atoms with Crippen LogP contribution in [0.25, 0.3) is 0 Å². The van der Waals surface area contributed by atoms with Gasteiger partial charge in [0.2, 0.25) is 15.9 Å². The first-order chi connectivity index (χ1) is 18.4. The van der Waals surface area contributed by atoms with Crippen molar-refractivity contribution < 1.29 is 18.0 Å². The predicted octanol–water partition coefficient (Wildman–Crippen LogP) is 6.07. The van der Waals surface area contributed by atoms with Crippen molar-refractivity contribution in [2.24, 2.45) is 5.92 Å². The number of halogens is 1. The smallest absolute Gasteiger partial charge is 0.255 e. The van der Waals surface area contributed by atoms with Crippen LogP contribution in [-0.2, 0) is 26.0 Å². The Bertz CT molecular complexity index is 1420. The molecule has 9 heteroatoms. The summed E-state index contributed by atoms with van der Waals surface area (Å²) in [5, 5.41) is 6.36. The summed E-state index contributed by atoms with van der Waals surface area (Å²) in [6.07, 6.45) is 0.874. The fraction of sp³-hybridized carbons (Fsp3) is 0.333. The van der Waals surface area contributed by atoms with E-state index in [9.17, 15) is 18.0 Å². The van der Waals surface area contributed by atoms with Gasteiger partial charge in [-0.3, -0.25) is 9.59 Å². The van der Waals surface area contributed by atoms with E-state index in [4.69, 9.17) is 11.6 Å².